The van der Waals surface area contributed by atoms with Crippen molar-refractivity contribution in [2.24, 2.45) is 0 Å². The maximum Gasteiger partial charge on any atom is 0.427 e. The molecule has 1 atom stereocenters. The highest BCUT2D eigenvalue weighted by Crippen LogP contribution is 2.37. The molecule has 0 amide bonds. The average molecular weight is 364 g/mol. The van der Waals surface area contributed by atoms with Crippen molar-refractivity contribution in [1.29, 1.82) is 0 Å². The molecule has 0 N–H and O–H groups in total. The zero-order valence-corrected chi connectivity index (χ0v) is 14.3. The van der Waals surface area contributed by atoms with Gasteiger partial charge in [0, 0.05) is 13.3 Å². The van der Waals surface area contributed by atoms with Gasteiger partial charge in [-0.15, -0.1) is 0 Å². The molecule has 126 valence electrons. The number of thiazole rings is 1. The van der Waals surface area contributed by atoms with Gasteiger partial charge < -0.3 is 4.90 Å². The number of aromatic nitrogens is 1. The second-order valence-electron chi connectivity index (χ2n) is 5.13. The van der Waals surface area contributed by atoms with Gasteiger partial charge >= 0.3 is 6.18 Å². The summed E-state index contributed by atoms with van der Waals surface area (Å²) in [6, 6.07) is 6.01. The van der Waals surface area contributed by atoms with Crippen LogP contribution in [0.2, 0.25) is 0 Å². The number of sulfone groups is 1. The number of hydrogen-bond donors (Lipinski definition) is 0. The quantitative estimate of drug-likeness (QED) is 0.829. The summed E-state index contributed by atoms with van der Waals surface area (Å²) in [5.74, 6) is 0. The molecule has 4 nitrogen and oxygen atoms in total. The van der Waals surface area contributed by atoms with Gasteiger partial charge in [0.2, 0.25) is 0 Å². The molecule has 1 aromatic carbocycles. The lowest BCUT2D eigenvalue weighted by molar-refractivity contribution is -0.134. The first-order valence-electron chi connectivity index (χ1n) is 6.56. The number of alkyl halides is 3. The minimum atomic E-state index is -4.41. The van der Waals surface area contributed by atoms with E-state index in [0.29, 0.717) is 11.3 Å². The Hall–Kier alpha value is -1.61. The predicted molar refractivity (Wildman–Crippen MR) is 83.5 cm³/mol. The van der Waals surface area contributed by atoms with E-state index in [1.54, 1.807) is 24.1 Å². The Balaban J connectivity index is 2.22. The monoisotopic (exact) mass is 364 g/mol. The summed E-state index contributed by atoms with van der Waals surface area (Å²) >= 11 is 0.572. The smallest absolute Gasteiger partial charge is 0.344 e. The van der Waals surface area contributed by atoms with Gasteiger partial charge in [-0.3, -0.25) is 0 Å². The van der Waals surface area contributed by atoms with E-state index < -0.39 is 20.9 Å². The molecule has 0 fully saturated rings. The summed E-state index contributed by atoms with van der Waals surface area (Å²) in [7, 11) is -1.63. The summed E-state index contributed by atoms with van der Waals surface area (Å²) in [5, 5.41) is 0.247. The fraction of sp³-hybridized carbons (Fsp3) is 0.357. The van der Waals surface area contributed by atoms with Crippen LogP contribution in [0.25, 0.3) is 0 Å². The third-order valence-electron chi connectivity index (χ3n) is 3.45. The standard InChI is InChI=1S/C14H15F3N2O2S2/c1-9(10-4-6-11(7-5-10)23(3,20)21)19(2)13-18-8-12(22-13)14(15,16)17/h4-9H,1-3H3. The molecule has 0 radical (unpaired) electrons. The highest BCUT2D eigenvalue weighted by atomic mass is 32.2. The lowest BCUT2D eigenvalue weighted by Gasteiger charge is -2.24. The first-order chi connectivity index (χ1) is 10.5. The molecule has 0 aliphatic rings. The number of benzene rings is 1. The molecule has 0 bridgehead atoms. The van der Waals surface area contributed by atoms with Gasteiger partial charge in [-0.2, -0.15) is 13.2 Å². The van der Waals surface area contributed by atoms with Crippen LogP contribution >= 0.6 is 11.3 Å². The first kappa shape index (κ1) is 17.7. The molecular weight excluding hydrogens is 349 g/mol. The molecule has 1 aromatic heterocycles. The Morgan fingerprint density at radius 1 is 1.22 bits per heavy atom. The largest absolute Gasteiger partial charge is 0.427 e. The lowest BCUT2D eigenvalue weighted by Crippen LogP contribution is -2.21. The van der Waals surface area contributed by atoms with E-state index in [0.717, 1.165) is 18.0 Å². The van der Waals surface area contributed by atoms with Crippen molar-refractivity contribution in [3.63, 3.8) is 0 Å². The van der Waals surface area contributed by atoms with Crippen molar-refractivity contribution in [1.82, 2.24) is 4.98 Å². The number of halogens is 3. The molecule has 0 spiro atoms. The van der Waals surface area contributed by atoms with Gasteiger partial charge in [-0.25, -0.2) is 13.4 Å². The topological polar surface area (TPSA) is 50.3 Å². The van der Waals surface area contributed by atoms with E-state index in [9.17, 15) is 21.6 Å². The second kappa shape index (κ2) is 6.12. The Labute approximate surface area is 136 Å². The van der Waals surface area contributed by atoms with E-state index in [1.165, 1.54) is 12.1 Å². The van der Waals surface area contributed by atoms with Crippen molar-refractivity contribution in [3.05, 3.63) is 40.9 Å². The maximum atomic E-state index is 12.6. The minimum absolute atomic E-state index is 0.199. The highest BCUT2D eigenvalue weighted by Gasteiger charge is 2.34. The zero-order valence-electron chi connectivity index (χ0n) is 12.6. The van der Waals surface area contributed by atoms with Crippen molar-refractivity contribution < 1.29 is 21.6 Å². The Morgan fingerprint density at radius 2 is 1.78 bits per heavy atom. The molecule has 0 aliphatic heterocycles. The number of hydrogen-bond acceptors (Lipinski definition) is 5. The van der Waals surface area contributed by atoms with Crippen molar-refractivity contribution in [2.45, 2.75) is 24.0 Å². The molecule has 1 heterocycles. The molecular formula is C14H15F3N2O2S2. The van der Waals surface area contributed by atoms with Gasteiger partial charge in [0.25, 0.3) is 0 Å². The van der Waals surface area contributed by atoms with E-state index in [4.69, 9.17) is 0 Å². The first-order valence-corrected chi connectivity index (χ1v) is 9.27. The van der Waals surface area contributed by atoms with Crippen molar-refractivity contribution in [2.75, 3.05) is 18.2 Å². The molecule has 0 saturated carbocycles. The van der Waals surface area contributed by atoms with Crippen molar-refractivity contribution in [3.8, 4) is 0 Å². The van der Waals surface area contributed by atoms with Crippen LogP contribution in [-0.2, 0) is 16.0 Å². The van der Waals surface area contributed by atoms with Gasteiger partial charge in [-0.1, -0.05) is 23.5 Å². The van der Waals surface area contributed by atoms with Crippen LogP contribution in [0.1, 0.15) is 23.4 Å². The fourth-order valence-electron chi connectivity index (χ4n) is 1.94. The average Bonchev–Trinajstić information content (AvgIpc) is 2.95. The highest BCUT2D eigenvalue weighted by molar-refractivity contribution is 7.90. The molecule has 0 saturated heterocycles. The molecule has 1 unspecified atom stereocenters. The van der Waals surface area contributed by atoms with E-state index in [2.05, 4.69) is 4.98 Å². The van der Waals surface area contributed by atoms with Crippen LogP contribution < -0.4 is 4.90 Å². The van der Waals surface area contributed by atoms with Crippen LogP contribution in [0, 0.1) is 0 Å². The fourth-order valence-corrected chi connectivity index (χ4v) is 3.40. The van der Waals surface area contributed by atoms with Crippen LogP contribution in [0.3, 0.4) is 0 Å². The van der Waals surface area contributed by atoms with Crippen LogP contribution in [-0.4, -0.2) is 26.7 Å². The van der Waals surface area contributed by atoms with E-state index in [1.807, 2.05) is 6.92 Å². The van der Waals surface area contributed by atoms with E-state index in [-0.39, 0.29) is 16.1 Å². The van der Waals surface area contributed by atoms with Crippen molar-refractivity contribution >= 4 is 26.3 Å². The molecule has 9 heteroatoms. The molecule has 2 rings (SSSR count). The molecule has 2 aromatic rings. The second-order valence-corrected chi connectivity index (χ2v) is 8.16. The minimum Gasteiger partial charge on any atom is -0.344 e. The Bertz CT molecular complexity index is 783. The predicted octanol–water partition coefficient (Wildman–Crippen LogP) is 3.76. The summed E-state index contributed by atoms with van der Waals surface area (Å²) < 4.78 is 60.8. The summed E-state index contributed by atoms with van der Waals surface area (Å²) in [6.45, 7) is 1.81. The zero-order chi connectivity index (χ0) is 17.4. The van der Waals surface area contributed by atoms with Crippen LogP contribution in [0.4, 0.5) is 18.3 Å². The Morgan fingerprint density at radius 3 is 2.22 bits per heavy atom. The lowest BCUT2D eigenvalue weighted by atomic mass is 10.1. The van der Waals surface area contributed by atoms with Crippen LogP contribution in [0.15, 0.2) is 35.4 Å². The van der Waals surface area contributed by atoms with Gasteiger partial charge in [0.05, 0.1) is 17.1 Å². The third-order valence-corrected chi connectivity index (χ3v) is 5.71. The van der Waals surface area contributed by atoms with Crippen LogP contribution in [0.5, 0.6) is 0 Å². The maximum absolute atomic E-state index is 12.6. The number of anilines is 1. The summed E-state index contributed by atoms with van der Waals surface area (Å²) in [6.07, 6.45) is -2.47. The number of rotatable bonds is 4. The Kier molecular flexibility index (Phi) is 4.72. The number of nitrogens with zero attached hydrogens (tertiary/aromatic N) is 2. The SMILES string of the molecule is CC(c1ccc(S(C)(=O)=O)cc1)N(C)c1ncc(C(F)(F)F)s1. The molecule has 0 aliphatic carbocycles. The van der Waals surface area contributed by atoms with Gasteiger partial charge in [0.15, 0.2) is 15.0 Å². The third kappa shape index (κ3) is 4.03. The normalized spacial score (nSPS) is 13.8. The van der Waals surface area contributed by atoms with E-state index >= 15 is 0 Å². The molecule has 23 heavy (non-hydrogen) atoms. The summed E-state index contributed by atoms with van der Waals surface area (Å²) in [4.78, 5) is 4.88. The summed E-state index contributed by atoms with van der Waals surface area (Å²) in [5.41, 5.74) is 0.781. The van der Waals surface area contributed by atoms with Gasteiger partial charge in [-0.05, 0) is 24.6 Å². The van der Waals surface area contributed by atoms with Gasteiger partial charge in [0.1, 0.15) is 4.88 Å².